The normalized spacial score (nSPS) is 10.8. The minimum absolute atomic E-state index is 0.245. The molecule has 0 saturated heterocycles. The molecule has 0 saturated carbocycles. The number of esters is 1. The van der Waals surface area contributed by atoms with E-state index in [2.05, 4.69) is 6.58 Å². The number of hydrogen-bond donors (Lipinski definition) is 1. The van der Waals surface area contributed by atoms with Gasteiger partial charge in [-0.15, -0.1) is 0 Å². The fourth-order valence-electron chi connectivity index (χ4n) is 2.03. The maximum atomic E-state index is 11.1. The average Bonchev–Trinajstić information content (AvgIpc) is 2.63. The van der Waals surface area contributed by atoms with Crippen molar-refractivity contribution in [2.24, 2.45) is 0 Å². The maximum absolute atomic E-state index is 11.1. The number of unbranched alkanes of at least 4 members (excludes halogenated alkanes) is 4. The number of hydrogen-bond acceptors (Lipinski definition) is 6. The summed E-state index contributed by atoms with van der Waals surface area (Å²) in [6.07, 6.45) is 7.49. The fourth-order valence-corrected chi connectivity index (χ4v) is 2.03. The Morgan fingerprint density at radius 3 is 1.38 bits per heavy atom. The zero-order chi connectivity index (χ0) is 19.3. The third-order valence-corrected chi connectivity index (χ3v) is 3.62. The minimum atomic E-state index is -0.323. The second-order valence-corrected chi connectivity index (χ2v) is 6.31. The Kier molecular flexibility index (Phi) is 19.6. The lowest BCUT2D eigenvalue weighted by molar-refractivity contribution is -0.139. The third kappa shape index (κ3) is 19.4. The summed E-state index contributed by atoms with van der Waals surface area (Å²) < 4.78 is 21.6. The van der Waals surface area contributed by atoms with Gasteiger partial charge in [0.25, 0.3) is 0 Å². The number of carbonyl (C=O) groups excluding carboxylic acids is 1. The van der Waals surface area contributed by atoms with Crippen LogP contribution in [0.1, 0.15) is 58.3 Å². The van der Waals surface area contributed by atoms with Gasteiger partial charge in [0, 0.05) is 51.8 Å². The summed E-state index contributed by atoms with van der Waals surface area (Å²) in [6, 6.07) is 0. The fraction of sp³-hybridized carbons (Fsp3) is 0.850. The zero-order valence-electron chi connectivity index (χ0n) is 16.5. The van der Waals surface area contributed by atoms with Gasteiger partial charge in [-0.3, -0.25) is 0 Å². The Morgan fingerprint density at radius 2 is 1.04 bits per heavy atom. The molecule has 0 atom stereocenters. The number of ether oxygens (including phenoxy) is 4. The average molecular weight is 375 g/mol. The van der Waals surface area contributed by atoms with Gasteiger partial charge in [-0.1, -0.05) is 6.58 Å². The van der Waals surface area contributed by atoms with E-state index in [1.807, 2.05) is 0 Å². The molecule has 6 nitrogen and oxygen atoms in total. The molecule has 0 aliphatic rings. The highest BCUT2D eigenvalue weighted by molar-refractivity contribution is 5.86. The molecule has 0 aliphatic carbocycles. The first kappa shape index (κ1) is 25.1. The van der Waals surface area contributed by atoms with Crippen molar-refractivity contribution in [2.75, 3.05) is 52.9 Å². The van der Waals surface area contributed by atoms with Crippen LogP contribution >= 0.6 is 0 Å². The second-order valence-electron chi connectivity index (χ2n) is 6.31. The van der Waals surface area contributed by atoms with Crippen molar-refractivity contribution in [3.8, 4) is 0 Å². The van der Waals surface area contributed by atoms with Crippen LogP contribution in [0, 0.1) is 0 Å². The van der Waals surface area contributed by atoms with E-state index < -0.39 is 0 Å². The van der Waals surface area contributed by atoms with Gasteiger partial charge in [0.05, 0.1) is 6.61 Å². The molecule has 0 spiro atoms. The van der Waals surface area contributed by atoms with Crippen molar-refractivity contribution < 1.29 is 28.8 Å². The maximum Gasteiger partial charge on any atom is 0.333 e. The Bertz CT molecular complexity index is 332. The largest absolute Gasteiger partial charge is 0.462 e. The summed E-state index contributed by atoms with van der Waals surface area (Å²) in [5.41, 5.74) is 0.436. The van der Waals surface area contributed by atoms with Crippen LogP contribution in [0.15, 0.2) is 12.2 Å². The van der Waals surface area contributed by atoms with Crippen LogP contribution in [0.4, 0.5) is 0 Å². The van der Waals surface area contributed by atoms with Crippen LogP contribution in [0.3, 0.4) is 0 Å². The van der Waals surface area contributed by atoms with Crippen molar-refractivity contribution in [1.82, 2.24) is 0 Å². The molecule has 26 heavy (non-hydrogen) atoms. The highest BCUT2D eigenvalue weighted by Gasteiger charge is 2.01. The smallest absolute Gasteiger partial charge is 0.333 e. The molecule has 0 aromatic rings. The zero-order valence-corrected chi connectivity index (χ0v) is 16.5. The van der Waals surface area contributed by atoms with E-state index in [0.717, 1.165) is 84.4 Å². The molecule has 0 radical (unpaired) electrons. The number of aliphatic hydroxyl groups is 1. The van der Waals surface area contributed by atoms with Gasteiger partial charge in [0.1, 0.15) is 0 Å². The molecule has 0 heterocycles. The van der Waals surface area contributed by atoms with Crippen LogP contribution in [0.2, 0.25) is 0 Å². The van der Waals surface area contributed by atoms with Gasteiger partial charge in [-0.25, -0.2) is 4.79 Å². The third-order valence-electron chi connectivity index (χ3n) is 3.62. The Hall–Kier alpha value is -0.950. The summed E-state index contributed by atoms with van der Waals surface area (Å²) in [4.78, 5) is 11.1. The highest BCUT2D eigenvalue weighted by Crippen LogP contribution is 1.99. The molecule has 154 valence electrons. The molecule has 0 amide bonds. The predicted octanol–water partition coefficient (Wildman–Crippen LogP) is 3.27. The SMILES string of the molecule is C=C(C)C(=O)OCCCCOCCCCOCCCCOCCCCO. The quantitative estimate of drug-likeness (QED) is 0.200. The van der Waals surface area contributed by atoms with Crippen molar-refractivity contribution in [1.29, 1.82) is 0 Å². The molecule has 0 rings (SSSR count). The first-order valence-corrected chi connectivity index (χ1v) is 9.85. The molecule has 1 N–H and O–H groups in total. The van der Waals surface area contributed by atoms with Gasteiger partial charge < -0.3 is 24.1 Å². The first-order chi connectivity index (χ1) is 12.7. The summed E-state index contributed by atoms with van der Waals surface area (Å²) >= 11 is 0. The Morgan fingerprint density at radius 1 is 0.692 bits per heavy atom. The Labute approximate surface area is 158 Å². The van der Waals surface area contributed by atoms with Gasteiger partial charge >= 0.3 is 5.97 Å². The van der Waals surface area contributed by atoms with Gasteiger partial charge in [0.2, 0.25) is 0 Å². The molecule has 0 aromatic heterocycles. The topological polar surface area (TPSA) is 74.2 Å². The monoisotopic (exact) mass is 374 g/mol. The molecule has 0 bridgehead atoms. The molecule has 0 fully saturated rings. The summed E-state index contributed by atoms with van der Waals surface area (Å²) in [5.74, 6) is -0.323. The minimum Gasteiger partial charge on any atom is -0.462 e. The van der Waals surface area contributed by atoms with Gasteiger partial charge in [0.15, 0.2) is 0 Å². The first-order valence-electron chi connectivity index (χ1n) is 9.85. The molecular weight excluding hydrogens is 336 g/mol. The summed E-state index contributed by atoms with van der Waals surface area (Å²) in [5, 5.41) is 8.64. The van der Waals surface area contributed by atoms with E-state index in [1.54, 1.807) is 6.92 Å². The Balaban J connectivity index is 3.05. The van der Waals surface area contributed by atoms with E-state index in [0.29, 0.717) is 18.8 Å². The lowest BCUT2D eigenvalue weighted by atomic mass is 10.3. The second kappa shape index (κ2) is 20.4. The van der Waals surface area contributed by atoms with Crippen LogP contribution in [0.25, 0.3) is 0 Å². The lowest BCUT2D eigenvalue weighted by Crippen LogP contribution is -2.07. The highest BCUT2D eigenvalue weighted by atomic mass is 16.5. The van der Waals surface area contributed by atoms with Crippen molar-refractivity contribution in [3.05, 3.63) is 12.2 Å². The standard InChI is InChI=1S/C20H38O6/c1-19(2)20(22)26-18-10-9-17-25-16-8-7-15-24-14-6-5-13-23-12-4-3-11-21/h21H,1,3-18H2,2H3. The van der Waals surface area contributed by atoms with Crippen LogP contribution in [-0.4, -0.2) is 63.9 Å². The number of rotatable bonds is 20. The van der Waals surface area contributed by atoms with E-state index in [-0.39, 0.29) is 12.6 Å². The van der Waals surface area contributed by atoms with E-state index in [9.17, 15) is 4.79 Å². The van der Waals surface area contributed by atoms with Crippen LogP contribution in [0.5, 0.6) is 0 Å². The van der Waals surface area contributed by atoms with Crippen LogP contribution in [-0.2, 0) is 23.7 Å². The van der Waals surface area contributed by atoms with Gasteiger partial charge in [-0.05, 0) is 58.3 Å². The van der Waals surface area contributed by atoms with Crippen LogP contribution < -0.4 is 0 Å². The van der Waals surface area contributed by atoms with Crippen molar-refractivity contribution in [2.45, 2.75) is 58.3 Å². The van der Waals surface area contributed by atoms with Crippen molar-refractivity contribution in [3.63, 3.8) is 0 Å². The number of carbonyl (C=O) groups is 1. The number of aliphatic hydroxyl groups excluding tert-OH is 1. The van der Waals surface area contributed by atoms with E-state index >= 15 is 0 Å². The predicted molar refractivity (Wildman–Crippen MR) is 102 cm³/mol. The van der Waals surface area contributed by atoms with E-state index in [1.165, 1.54) is 0 Å². The van der Waals surface area contributed by atoms with E-state index in [4.69, 9.17) is 24.1 Å². The molecule has 0 aromatic carbocycles. The molecular formula is C20H38O6. The van der Waals surface area contributed by atoms with Crippen molar-refractivity contribution >= 4 is 5.97 Å². The molecule has 0 aliphatic heterocycles. The molecule has 6 heteroatoms. The lowest BCUT2D eigenvalue weighted by Gasteiger charge is -2.07. The molecule has 0 unspecified atom stereocenters. The van der Waals surface area contributed by atoms with Gasteiger partial charge in [-0.2, -0.15) is 0 Å². The summed E-state index contributed by atoms with van der Waals surface area (Å²) in [7, 11) is 0. The summed E-state index contributed by atoms with van der Waals surface area (Å²) in [6.45, 7) is 10.4.